The van der Waals surface area contributed by atoms with E-state index in [0.717, 1.165) is 29.0 Å². The molecule has 0 aliphatic carbocycles. The molecule has 0 heterocycles. The standard InChI is InChI=1S/C21H27NO3/c1-5-18-9-11-19(12-10-18)24-14-13-22-21(23)17(4)25-20-8-6-7-15(2)16(20)3/h6-12,17H,5,13-14H2,1-4H3,(H,22,23)/t17-/m1/s1. The number of carbonyl (C=O) groups excluding carboxylic acids is 1. The molecule has 0 saturated carbocycles. The summed E-state index contributed by atoms with van der Waals surface area (Å²) in [4.78, 5) is 12.1. The van der Waals surface area contributed by atoms with Crippen molar-refractivity contribution in [3.63, 3.8) is 0 Å². The smallest absolute Gasteiger partial charge is 0.260 e. The van der Waals surface area contributed by atoms with Gasteiger partial charge in [-0.3, -0.25) is 4.79 Å². The van der Waals surface area contributed by atoms with Crippen LogP contribution in [0.4, 0.5) is 0 Å². The van der Waals surface area contributed by atoms with Crippen LogP contribution in [0.2, 0.25) is 0 Å². The van der Waals surface area contributed by atoms with Gasteiger partial charge in [-0.2, -0.15) is 0 Å². The number of carbonyl (C=O) groups is 1. The van der Waals surface area contributed by atoms with Crippen molar-refractivity contribution in [3.8, 4) is 11.5 Å². The maximum absolute atomic E-state index is 12.1. The second kappa shape index (κ2) is 9.11. The molecule has 0 fully saturated rings. The van der Waals surface area contributed by atoms with Crippen LogP contribution in [-0.4, -0.2) is 25.2 Å². The molecule has 1 amide bonds. The average molecular weight is 341 g/mol. The topological polar surface area (TPSA) is 47.6 Å². The molecule has 0 aromatic heterocycles. The Morgan fingerprint density at radius 2 is 1.84 bits per heavy atom. The zero-order chi connectivity index (χ0) is 18.2. The van der Waals surface area contributed by atoms with Gasteiger partial charge in [0.1, 0.15) is 18.1 Å². The second-order valence-corrected chi connectivity index (χ2v) is 6.10. The molecule has 2 aromatic rings. The molecule has 0 radical (unpaired) electrons. The molecule has 2 rings (SSSR count). The normalized spacial score (nSPS) is 11.7. The van der Waals surface area contributed by atoms with Crippen LogP contribution < -0.4 is 14.8 Å². The molecule has 2 aromatic carbocycles. The lowest BCUT2D eigenvalue weighted by atomic mass is 10.1. The number of aryl methyl sites for hydroxylation is 2. The van der Waals surface area contributed by atoms with Crippen molar-refractivity contribution in [1.82, 2.24) is 5.32 Å². The van der Waals surface area contributed by atoms with Crippen molar-refractivity contribution < 1.29 is 14.3 Å². The van der Waals surface area contributed by atoms with Gasteiger partial charge in [-0.15, -0.1) is 0 Å². The molecule has 25 heavy (non-hydrogen) atoms. The summed E-state index contributed by atoms with van der Waals surface area (Å²) < 4.78 is 11.4. The van der Waals surface area contributed by atoms with Crippen LogP contribution in [0.5, 0.6) is 11.5 Å². The highest BCUT2D eigenvalue weighted by atomic mass is 16.5. The molecule has 0 bridgehead atoms. The van der Waals surface area contributed by atoms with E-state index in [0.29, 0.717) is 13.2 Å². The van der Waals surface area contributed by atoms with Gasteiger partial charge in [0.2, 0.25) is 0 Å². The van der Waals surface area contributed by atoms with E-state index in [9.17, 15) is 4.79 Å². The Hall–Kier alpha value is -2.49. The molecular weight excluding hydrogens is 314 g/mol. The van der Waals surface area contributed by atoms with Crippen molar-refractivity contribution in [2.75, 3.05) is 13.2 Å². The Balaban J connectivity index is 1.74. The van der Waals surface area contributed by atoms with Crippen LogP contribution in [0, 0.1) is 13.8 Å². The number of benzene rings is 2. The summed E-state index contributed by atoms with van der Waals surface area (Å²) in [6, 6.07) is 13.8. The minimum atomic E-state index is -0.552. The third-order valence-corrected chi connectivity index (χ3v) is 4.23. The molecule has 0 unspecified atom stereocenters. The summed E-state index contributed by atoms with van der Waals surface area (Å²) in [5.41, 5.74) is 3.48. The SMILES string of the molecule is CCc1ccc(OCCNC(=O)[C@@H](C)Oc2cccc(C)c2C)cc1. The van der Waals surface area contributed by atoms with Gasteiger partial charge in [0.15, 0.2) is 6.10 Å². The average Bonchev–Trinajstić information content (AvgIpc) is 2.62. The van der Waals surface area contributed by atoms with E-state index < -0.39 is 6.10 Å². The van der Waals surface area contributed by atoms with Crippen molar-refractivity contribution >= 4 is 5.91 Å². The molecule has 1 atom stereocenters. The highest BCUT2D eigenvalue weighted by Gasteiger charge is 2.15. The molecule has 4 heteroatoms. The van der Waals surface area contributed by atoms with Crippen molar-refractivity contribution in [2.45, 2.75) is 40.2 Å². The first kappa shape index (κ1) is 18.8. The first-order chi connectivity index (χ1) is 12.0. The van der Waals surface area contributed by atoms with E-state index >= 15 is 0 Å². The number of rotatable bonds is 8. The summed E-state index contributed by atoms with van der Waals surface area (Å²) in [5, 5.41) is 2.84. The highest BCUT2D eigenvalue weighted by molar-refractivity contribution is 5.80. The predicted molar refractivity (Wildman–Crippen MR) is 100 cm³/mol. The lowest BCUT2D eigenvalue weighted by molar-refractivity contribution is -0.127. The minimum Gasteiger partial charge on any atom is -0.492 e. The Kier molecular flexibility index (Phi) is 6.87. The Morgan fingerprint density at radius 1 is 1.12 bits per heavy atom. The van der Waals surface area contributed by atoms with Crippen LogP contribution in [0.25, 0.3) is 0 Å². The molecule has 0 aliphatic heterocycles. The third-order valence-electron chi connectivity index (χ3n) is 4.23. The van der Waals surface area contributed by atoms with Crippen molar-refractivity contribution in [3.05, 3.63) is 59.2 Å². The van der Waals surface area contributed by atoms with E-state index in [-0.39, 0.29) is 5.91 Å². The number of hydrogen-bond donors (Lipinski definition) is 1. The molecule has 0 aliphatic rings. The maximum Gasteiger partial charge on any atom is 0.260 e. The van der Waals surface area contributed by atoms with Crippen LogP contribution in [0.3, 0.4) is 0 Å². The predicted octanol–water partition coefficient (Wildman–Crippen LogP) is 3.83. The monoisotopic (exact) mass is 341 g/mol. The summed E-state index contributed by atoms with van der Waals surface area (Å²) in [7, 11) is 0. The van der Waals surface area contributed by atoms with Gasteiger partial charge < -0.3 is 14.8 Å². The van der Waals surface area contributed by atoms with Gasteiger partial charge >= 0.3 is 0 Å². The fourth-order valence-corrected chi connectivity index (χ4v) is 2.40. The van der Waals surface area contributed by atoms with E-state index in [1.165, 1.54) is 5.56 Å². The van der Waals surface area contributed by atoms with Crippen LogP contribution >= 0.6 is 0 Å². The van der Waals surface area contributed by atoms with Crippen molar-refractivity contribution in [2.24, 2.45) is 0 Å². The zero-order valence-corrected chi connectivity index (χ0v) is 15.5. The van der Waals surface area contributed by atoms with Crippen LogP contribution in [0.1, 0.15) is 30.5 Å². The van der Waals surface area contributed by atoms with Gasteiger partial charge in [-0.1, -0.05) is 31.2 Å². The zero-order valence-electron chi connectivity index (χ0n) is 15.5. The molecule has 0 spiro atoms. The molecule has 134 valence electrons. The van der Waals surface area contributed by atoms with Crippen molar-refractivity contribution in [1.29, 1.82) is 0 Å². The highest BCUT2D eigenvalue weighted by Crippen LogP contribution is 2.21. The second-order valence-electron chi connectivity index (χ2n) is 6.10. The van der Waals surface area contributed by atoms with E-state index in [1.807, 2.05) is 56.3 Å². The van der Waals surface area contributed by atoms with Gasteiger partial charge in [-0.25, -0.2) is 0 Å². The third kappa shape index (κ3) is 5.52. The molecule has 4 nitrogen and oxygen atoms in total. The maximum atomic E-state index is 12.1. The largest absolute Gasteiger partial charge is 0.492 e. The Labute approximate surface area is 150 Å². The van der Waals surface area contributed by atoms with E-state index in [1.54, 1.807) is 6.92 Å². The first-order valence-corrected chi connectivity index (χ1v) is 8.73. The molecular formula is C21H27NO3. The number of nitrogens with one attached hydrogen (secondary N) is 1. The summed E-state index contributed by atoms with van der Waals surface area (Å²) in [5.74, 6) is 1.41. The van der Waals surface area contributed by atoms with Gasteiger partial charge in [-0.05, 0) is 62.1 Å². The number of ether oxygens (including phenoxy) is 2. The van der Waals surface area contributed by atoms with Crippen LogP contribution in [-0.2, 0) is 11.2 Å². The number of amides is 1. The Bertz CT molecular complexity index is 695. The van der Waals surface area contributed by atoms with Gasteiger partial charge in [0.05, 0.1) is 6.54 Å². The van der Waals surface area contributed by atoms with Gasteiger partial charge in [0.25, 0.3) is 5.91 Å². The first-order valence-electron chi connectivity index (χ1n) is 8.73. The van der Waals surface area contributed by atoms with E-state index in [2.05, 4.69) is 12.2 Å². The fraction of sp³-hybridized carbons (Fsp3) is 0.381. The Morgan fingerprint density at radius 3 is 2.52 bits per heavy atom. The van der Waals surface area contributed by atoms with Crippen LogP contribution in [0.15, 0.2) is 42.5 Å². The summed E-state index contributed by atoms with van der Waals surface area (Å²) in [6.07, 6.45) is 0.457. The number of hydrogen-bond acceptors (Lipinski definition) is 3. The quantitative estimate of drug-likeness (QED) is 0.742. The lowest BCUT2D eigenvalue weighted by Gasteiger charge is -2.17. The summed E-state index contributed by atoms with van der Waals surface area (Å²) in [6.45, 7) is 8.75. The minimum absolute atomic E-state index is 0.147. The molecule has 1 N–H and O–H groups in total. The molecule has 0 saturated heterocycles. The van der Waals surface area contributed by atoms with E-state index in [4.69, 9.17) is 9.47 Å². The van der Waals surface area contributed by atoms with Gasteiger partial charge in [0, 0.05) is 0 Å². The fourth-order valence-electron chi connectivity index (χ4n) is 2.40. The lowest BCUT2D eigenvalue weighted by Crippen LogP contribution is -2.38. The summed E-state index contributed by atoms with van der Waals surface area (Å²) >= 11 is 0.